The molecule has 1 nitrogen and oxygen atoms in total. The molecular formula is C14H18ClFO. The van der Waals surface area contributed by atoms with E-state index >= 15 is 0 Å². The Morgan fingerprint density at radius 1 is 1.24 bits per heavy atom. The lowest BCUT2D eigenvalue weighted by molar-refractivity contribution is 0.101. The van der Waals surface area contributed by atoms with Gasteiger partial charge in [0.25, 0.3) is 0 Å². The first-order valence-electron chi connectivity index (χ1n) is 6.29. The van der Waals surface area contributed by atoms with Crippen molar-refractivity contribution in [3.8, 4) is 0 Å². The highest BCUT2D eigenvalue weighted by Crippen LogP contribution is 2.27. The Morgan fingerprint density at radius 3 is 2.76 bits per heavy atom. The number of hydrogen-bond donors (Lipinski definition) is 1. The first-order chi connectivity index (χ1) is 8.16. The maximum Gasteiger partial charge on any atom is 0.142 e. The molecular weight excluding hydrogens is 239 g/mol. The van der Waals surface area contributed by atoms with Crippen molar-refractivity contribution >= 4 is 11.6 Å². The van der Waals surface area contributed by atoms with Crippen LogP contribution in [-0.2, 0) is 6.42 Å². The molecule has 0 amide bonds. The van der Waals surface area contributed by atoms with Crippen LogP contribution < -0.4 is 0 Å². The number of hydrogen-bond acceptors (Lipinski definition) is 1. The van der Waals surface area contributed by atoms with Gasteiger partial charge in [0.2, 0.25) is 0 Å². The second-order valence-corrected chi connectivity index (χ2v) is 5.33. The summed E-state index contributed by atoms with van der Waals surface area (Å²) in [6.07, 6.45) is 5.88. The predicted octanol–water partition coefficient (Wildman–Crippen LogP) is 3.96. The van der Waals surface area contributed by atoms with Crippen LogP contribution in [0.2, 0.25) is 5.02 Å². The van der Waals surface area contributed by atoms with Gasteiger partial charge in [-0.05, 0) is 42.9 Å². The predicted molar refractivity (Wildman–Crippen MR) is 67.7 cm³/mol. The van der Waals surface area contributed by atoms with Crippen molar-refractivity contribution in [3.63, 3.8) is 0 Å². The quantitative estimate of drug-likeness (QED) is 0.794. The molecule has 0 radical (unpaired) electrons. The monoisotopic (exact) mass is 256 g/mol. The molecule has 0 aliphatic heterocycles. The van der Waals surface area contributed by atoms with Crippen LogP contribution in [0.4, 0.5) is 4.39 Å². The summed E-state index contributed by atoms with van der Waals surface area (Å²) in [5.41, 5.74) is 0.929. The Bertz CT molecular complexity index is 380. The Hall–Kier alpha value is -0.600. The third-order valence-electron chi connectivity index (χ3n) is 3.60. The summed E-state index contributed by atoms with van der Waals surface area (Å²) in [6, 6.07) is 4.93. The third kappa shape index (κ3) is 3.43. The maximum absolute atomic E-state index is 13.3. The van der Waals surface area contributed by atoms with Gasteiger partial charge in [-0.3, -0.25) is 0 Å². The molecule has 1 saturated carbocycles. The summed E-state index contributed by atoms with van der Waals surface area (Å²) in [6.45, 7) is 0. The lowest BCUT2D eigenvalue weighted by Crippen LogP contribution is -2.21. The summed E-state index contributed by atoms with van der Waals surface area (Å²) in [5.74, 6) is -0.106. The van der Waals surface area contributed by atoms with Gasteiger partial charge in [0.1, 0.15) is 5.82 Å². The number of rotatable bonds is 2. The largest absolute Gasteiger partial charge is 0.393 e. The number of aliphatic hydroxyl groups is 1. The fourth-order valence-electron chi connectivity index (χ4n) is 2.57. The molecule has 3 heteroatoms. The van der Waals surface area contributed by atoms with Crippen molar-refractivity contribution in [2.75, 3.05) is 0 Å². The lowest BCUT2D eigenvalue weighted by Gasteiger charge is -2.20. The summed E-state index contributed by atoms with van der Waals surface area (Å²) in [5, 5.41) is 10.2. The topological polar surface area (TPSA) is 20.2 Å². The van der Waals surface area contributed by atoms with Gasteiger partial charge in [0, 0.05) is 0 Å². The molecule has 1 fully saturated rings. The summed E-state index contributed by atoms with van der Waals surface area (Å²) in [7, 11) is 0. The van der Waals surface area contributed by atoms with Gasteiger partial charge in [-0.1, -0.05) is 36.9 Å². The Labute approximate surface area is 107 Å². The molecule has 2 rings (SSSR count). The molecule has 0 heterocycles. The van der Waals surface area contributed by atoms with Crippen LogP contribution in [0.3, 0.4) is 0 Å². The molecule has 0 aromatic heterocycles. The second-order valence-electron chi connectivity index (χ2n) is 4.92. The van der Waals surface area contributed by atoms with E-state index in [-0.39, 0.29) is 22.9 Å². The van der Waals surface area contributed by atoms with Crippen LogP contribution in [0, 0.1) is 11.7 Å². The number of benzene rings is 1. The molecule has 1 N–H and O–H groups in total. The molecule has 1 aromatic rings. The van der Waals surface area contributed by atoms with E-state index in [1.54, 1.807) is 6.07 Å². The summed E-state index contributed by atoms with van der Waals surface area (Å²) >= 11 is 5.65. The molecule has 17 heavy (non-hydrogen) atoms. The molecule has 0 saturated heterocycles. The summed E-state index contributed by atoms with van der Waals surface area (Å²) in [4.78, 5) is 0. The average molecular weight is 257 g/mol. The highest BCUT2D eigenvalue weighted by atomic mass is 35.5. The molecule has 94 valence electrons. The Morgan fingerprint density at radius 2 is 2.00 bits per heavy atom. The van der Waals surface area contributed by atoms with Gasteiger partial charge in [-0.15, -0.1) is 0 Å². The van der Waals surface area contributed by atoms with Crippen molar-refractivity contribution in [1.82, 2.24) is 0 Å². The van der Waals surface area contributed by atoms with Crippen LogP contribution in [0.5, 0.6) is 0 Å². The van der Waals surface area contributed by atoms with Crippen molar-refractivity contribution in [2.45, 2.75) is 44.6 Å². The van der Waals surface area contributed by atoms with E-state index in [1.807, 2.05) is 6.07 Å². The van der Waals surface area contributed by atoms with Gasteiger partial charge in [0.05, 0.1) is 11.1 Å². The molecule has 1 aliphatic carbocycles. The van der Waals surface area contributed by atoms with E-state index in [9.17, 15) is 9.50 Å². The highest BCUT2D eigenvalue weighted by Gasteiger charge is 2.21. The highest BCUT2D eigenvalue weighted by molar-refractivity contribution is 6.30. The van der Waals surface area contributed by atoms with Crippen molar-refractivity contribution in [3.05, 3.63) is 34.6 Å². The van der Waals surface area contributed by atoms with Gasteiger partial charge >= 0.3 is 0 Å². The molecule has 0 spiro atoms. The van der Waals surface area contributed by atoms with E-state index in [1.165, 1.54) is 12.5 Å². The van der Waals surface area contributed by atoms with Gasteiger partial charge < -0.3 is 5.11 Å². The van der Waals surface area contributed by atoms with E-state index in [0.29, 0.717) is 0 Å². The average Bonchev–Trinajstić information content (AvgIpc) is 2.50. The number of halogens is 2. The van der Waals surface area contributed by atoms with Crippen molar-refractivity contribution in [1.29, 1.82) is 0 Å². The van der Waals surface area contributed by atoms with E-state index < -0.39 is 0 Å². The zero-order valence-electron chi connectivity index (χ0n) is 9.83. The molecule has 2 atom stereocenters. The molecule has 2 unspecified atom stereocenters. The third-order valence-corrected chi connectivity index (χ3v) is 3.91. The normalized spacial score (nSPS) is 25.6. The van der Waals surface area contributed by atoms with E-state index in [2.05, 4.69) is 0 Å². The minimum absolute atomic E-state index is 0.162. The van der Waals surface area contributed by atoms with Crippen molar-refractivity contribution < 1.29 is 9.50 Å². The van der Waals surface area contributed by atoms with Crippen LogP contribution >= 0.6 is 11.6 Å². The fraction of sp³-hybridized carbons (Fsp3) is 0.571. The smallest absolute Gasteiger partial charge is 0.142 e. The first-order valence-corrected chi connectivity index (χ1v) is 6.66. The molecule has 0 bridgehead atoms. The van der Waals surface area contributed by atoms with Gasteiger partial charge in [-0.25, -0.2) is 4.39 Å². The number of aliphatic hydroxyl groups excluding tert-OH is 1. The fourth-order valence-corrected chi connectivity index (χ4v) is 2.69. The zero-order valence-corrected chi connectivity index (χ0v) is 10.6. The van der Waals surface area contributed by atoms with Crippen LogP contribution in [0.1, 0.15) is 37.7 Å². The summed E-state index contributed by atoms with van der Waals surface area (Å²) < 4.78 is 13.3. The second kappa shape index (κ2) is 5.83. The van der Waals surface area contributed by atoms with Crippen molar-refractivity contribution in [2.24, 2.45) is 5.92 Å². The first kappa shape index (κ1) is 12.8. The maximum atomic E-state index is 13.3. The van der Waals surface area contributed by atoms with Crippen LogP contribution in [-0.4, -0.2) is 11.2 Å². The Balaban J connectivity index is 2.05. The van der Waals surface area contributed by atoms with E-state index in [4.69, 9.17) is 11.6 Å². The van der Waals surface area contributed by atoms with Gasteiger partial charge in [-0.2, -0.15) is 0 Å². The minimum Gasteiger partial charge on any atom is -0.393 e. The standard InChI is InChI=1S/C14H18ClFO/c15-12-7-6-10(9-13(12)16)8-11-4-2-1-3-5-14(11)17/h6-7,9,11,14,17H,1-5,8H2. The minimum atomic E-state index is -0.368. The van der Waals surface area contributed by atoms with Gasteiger partial charge in [0.15, 0.2) is 0 Å². The van der Waals surface area contributed by atoms with E-state index in [0.717, 1.165) is 37.7 Å². The van der Waals surface area contributed by atoms with Crippen LogP contribution in [0.15, 0.2) is 18.2 Å². The zero-order chi connectivity index (χ0) is 12.3. The van der Waals surface area contributed by atoms with Crippen LogP contribution in [0.25, 0.3) is 0 Å². The molecule has 1 aromatic carbocycles. The SMILES string of the molecule is OC1CCCCCC1Cc1ccc(Cl)c(F)c1. The Kier molecular flexibility index (Phi) is 4.41. The molecule has 1 aliphatic rings. The lowest BCUT2D eigenvalue weighted by atomic mass is 9.90.